The first-order valence-electron chi connectivity index (χ1n) is 8.57. The number of amides is 1. The Morgan fingerprint density at radius 3 is 2.96 bits per heavy atom. The molecule has 0 bridgehead atoms. The number of nitrogens with zero attached hydrogens (tertiary/aromatic N) is 4. The summed E-state index contributed by atoms with van der Waals surface area (Å²) in [7, 11) is -4.57. The van der Waals surface area contributed by atoms with E-state index in [0.29, 0.717) is 6.42 Å². The lowest BCUT2D eigenvalue weighted by Crippen LogP contribution is -2.46. The monoisotopic (exact) mass is 415 g/mol. The summed E-state index contributed by atoms with van der Waals surface area (Å²) < 4.78 is 28.3. The molecule has 13 heteroatoms. The van der Waals surface area contributed by atoms with E-state index in [9.17, 15) is 19.4 Å². The molecule has 1 aromatic heterocycles. The number of hydrogen-bond acceptors (Lipinski definition) is 8. The molecule has 1 amide bonds. The topological polar surface area (TPSA) is 184 Å². The zero-order valence-electron chi connectivity index (χ0n) is 15.2. The summed E-state index contributed by atoms with van der Waals surface area (Å²) in [4.78, 5) is 25.8. The van der Waals surface area contributed by atoms with Crippen molar-refractivity contribution < 1.29 is 37.7 Å². The van der Waals surface area contributed by atoms with Crippen molar-refractivity contribution >= 4 is 13.7 Å². The molecule has 0 radical (unpaired) electrons. The van der Waals surface area contributed by atoms with E-state index in [1.54, 1.807) is 0 Å². The molecule has 1 unspecified atom stereocenters. The molecule has 1 aliphatic heterocycles. The number of nitrogens with two attached hydrogens (primary N) is 1. The molecule has 12 nitrogen and oxygen atoms in total. The fourth-order valence-corrected chi connectivity index (χ4v) is 3.39. The second-order valence-electron chi connectivity index (χ2n) is 6.09. The number of aliphatic hydroxyl groups excluding tert-OH is 1. The molecule has 154 valence electrons. The number of carbonyl (C=O) groups excluding carboxylic acids is 1. The van der Waals surface area contributed by atoms with Crippen LogP contribution in [-0.4, -0.2) is 42.5 Å². The van der Waals surface area contributed by atoms with Crippen molar-refractivity contribution in [3.8, 4) is 0 Å². The van der Waals surface area contributed by atoms with Crippen LogP contribution < -0.4 is 15.2 Å². The van der Waals surface area contributed by atoms with Crippen LogP contribution in [0.4, 0.5) is 0 Å². The maximum absolute atomic E-state index is 11.8. The van der Waals surface area contributed by atoms with E-state index >= 15 is 0 Å². The third-order valence-electron chi connectivity index (χ3n) is 4.07. The zero-order chi connectivity index (χ0) is 20.7. The first kappa shape index (κ1) is 22.3. The number of rotatable bonds is 10. The van der Waals surface area contributed by atoms with Gasteiger partial charge in [-0.15, -0.1) is 0 Å². The fourth-order valence-electron chi connectivity index (χ4n) is 2.63. The van der Waals surface area contributed by atoms with Gasteiger partial charge in [0.1, 0.15) is 11.6 Å². The van der Waals surface area contributed by atoms with Crippen LogP contribution in [0, 0.1) is 0 Å². The minimum absolute atomic E-state index is 0.0103. The van der Waals surface area contributed by atoms with Gasteiger partial charge in [-0.1, -0.05) is 18.5 Å². The second-order valence-corrected chi connectivity index (χ2v) is 7.50. The molecule has 28 heavy (non-hydrogen) atoms. The molecular weight excluding hydrogens is 393 g/mol. The van der Waals surface area contributed by atoms with Gasteiger partial charge >= 0.3 is 0 Å². The fraction of sp³-hybridized carbons (Fsp3) is 0.600. The van der Waals surface area contributed by atoms with E-state index in [4.69, 9.17) is 25.0 Å². The van der Waals surface area contributed by atoms with Gasteiger partial charge in [0, 0.05) is 11.0 Å². The number of phosphoric acid groups is 1. The van der Waals surface area contributed by atoms with Gasteiger partial charge in [0.2, 0.25) is 0 Å². The lowest BCUT2D eigenvalue weighted by molar-refractivity contribution is -0.765. The van der Waals surface area contributed by atoms with E-state index in [1.807, 2.05) is 6.92 Å². The lowest BCUT2D eigenvalue weighted by atomic mass is 10.1. The molecule has 1 aliphatic rings. The minimum atomic E-state index is -4.57. The number of aromatic nitrogens is 1. The Labute approximate surface area is 161 Å². The number of hydrogen-bond donors (Lipinski definition) is 2. The van der Waals surface area contributed by atoms with Crippen LogP contribution in [0.25, 0.3) is 10.4 Å². The predicted octanol–water partition coefficient (Wildman–Crippen LogP) is 0.312. The number of phosphoric ester groups is 1. The molecule has 1 saturated heterocycles. The van der Waals surface area contributed by atoms with Crippen LogP contribution in [-0.2, 0) is 18.3 Å². The van der Waals surface area contributed by atoms with Crippen molar-refractivity contribution in [1.29, 1.82) is 0 Å². The van der Waals surface area contributed by atoms with Gasteiger partial charge in [-0.2, -0.15) is 4.57 Å². The lowest BCUT2D eigenvalue weighted by Gasteiger charge is -2.24. The molecule has 0 spiro atoms. The minimum Gasteiger partial charge on any atom is -0.756 e. The van der Waals surface area contributed by atoms with E-state index < -0.39 is 44.8 Å². The normalized spacial score (nSPS) is 26.4. The summed E-state index contributed by atoms with van der Waals surface area (Å²) in [6, 6.07) is 1.89. The van der Waals surface area contributed by atoms with Crippen molar-refractivity contribution in [1.82, 2.24) is 0 Å². The molecule has 0 aliphatic carbocycles. The largest absolute Gasteiger partial charge is 0.756 e. The number of primary amides is 1. The van der Waals surface area contributed by atoms with E-state index in [1.165, 1.54) is 29.1 Å². The predicted molar refractivity (Wildman–Crippen MR) is 92.4 cm³/mol. The SMILES string of the molecule is CCCCOP(=O)([O-])OC[C@H]1O[C@@H]([n+]2cccc(C(N)=O)c2)[C@H](O)[C@@H]1N=[N+]=[N-]. The van der Waals surface area contributed by atoms with Gasteiger partial charge in [-0.05, 0) is 18.0 Å². The molecule has 0 saturated carbocycles. The number of unbranched alkanes of at least 4 members (excludes halogenated alkanes) is 1. The molecule has 0 aromatic carbocycles. The van der Waals surface area contributed by atoms with Crippen molar-refractivity contribution in [2.24, 2.45) is 10.8 Å². The first-order chi connectivity index (χ1) is 13.3. The highest BCUT2D eigenvalue weighted by atomic mass is 31.2. The molecule has 2 rings (SSSR count). The molecule has 1 aromatic rings. The van der Waals surface area contributed by atoms with Crippen LogP contribution in [0.15, 0.2) is 29.6 Å². The smallest absolute Gasteiger partial charge is 0.289 e. The summed E-state index contributed by atoms with van der Waals surface area (Å²) in [6.07, 6.45) is 0.755. The van der Waals surface area contributed by atoms with Gasteiger partial charge in [-0.25, -0.2) is 0 Å². The molecule has 2 heterocycles. The Morgan fingerprint density at radius 1 is 1.57 bits per heavy atom. The van der Waals surface area contributed by atoms with E-state index in [2.05, 4.69) is 10.0 Å². The van der Waals surface area contributed by atoms with Crippen molar-refractivity contribution in [3.63, 3.8) is 0 Å². The Hall–Kier alpha value is -2.04. The molecule has 1 fully saturated rings. The number of ether oxygens (including phenoxy) is 1. The maximum Gasteiger partial charge on any atom is 0.289 e. The van der Waals surface area contributed by atoms with Crippen LogP contribution >= 0.6 is 7.82 Å². The number of azide groups is 1. The van der Waals surface area contributed by atoms with E-state index in [0.717, 1.165) is 6.42 Å². The highest BCUT2D eigenvalue weighted by molar-refractivity contribution is 7.45. The van der Waals surface area contributed by atoms with Crippen molar-refractivity contribution in [2.45, 2.75) is 44.2 Å². The Morgan fingerprint density at radius 2 is 2.32 bits per heavy atom. The third kappa shape index (κ3) is 5.73. The summed E-state index contributed by atoms with van der Waals surface area (Å²) in [5.41, 5.74) is 14.2. The van der Waals surface area contributed by atoms with Gasteiger partial charge < -0.3 is 29.5 Å². The number of carbonyl (C=O) groups is 1. The maximum atomic E-state index is 11.8. The van der Waals surface area contributed by atoms with Gasteiger partial charge in [0.05, 0.1) is 19.3 Å². The van der Waals surface area contributed by atoms with Gasteiger partial charge in [0.15, 0.2) is 18.5 Å². The van der Waals surface area contributed by atoms with Gasteiger partial charge in [-0.3, -0.25) is 9.36 Å². The standard InChI is InChI=1S/C15H22N5O7P/c1-2-3-7-25-28(23,24)26-9-11-12(18-19-17)13(21)15(27-11)20-6-4-5-10(8-20)14(16)22/h4-6,8,11-13,15,21H,2-3,7,9H2,1H3,(H2-,16,22,23,24)/t11-,12-,13-,15-/m1/s1. The molecule has 5 atom stereocenters. The van der Waals surface area contributed by atoms with Crippen LogP contribution in [0.5, 0.6) is 0 Å². The van der Waals surface area contributed by atoms with Crippen LogP contribution in [0.1, 0.15) is 36.4 Å². The third-order valence-corrected chi connectivity index (χ3v) is 5.03. The highest BCUT2D eigenvalue weighted by Gasteiger charge is 2.49. The summed E-state index contributed by atoms with van der Waals surface area (Å²) in [6.45, 7) is 1.35. The Bertz CT molecular complexity index is 788. The second kappa shape index (κ2) is 9.94. The summed E-state index contributed by atoms with van der Waals surface area (Å²) >= 11 is 0. The van der Waals surface area contributed by atoms with Gasteiger partial charge in [0.25, 0.3) is 20.0 Å². The number of aliphatic hydroxyl groups is 1. The Kier molecular flexibility index (Phi) is 7.90. The van der Waals surface area contributed by atoms with E-state index in [-0.39, 0.29) is 12.2 Å². The molecule has 3 N–H and O–H groups in total. The molecular formula is C15H22N5O7P. The van der Waals surface area contributed by atoms with Crippen molar-refractivity contribution in [2.75, 3.05) is 13.2 Å². The van der Waals surface area contributed by atoms with Crippen LogP contribution in [0.3, 0.4) is 0 Å². The summed E-state index contributed by atoms with van der Waals surface area (Å²) in [5, 5.41) is 14.0. The number of pyridine rings is 1. The highest BCUT2D eigenvalue weighted by Crippen LogP contribution is 2.40. The summed E-state index contributed by atoms with van der Waals surface area (Å²) in [5.74, 6) is -0.676. The van der Waals surface area contributed by atoms with Crippen LogP contribution in [0.2, 0.25) is 0 Å². The zero-order valence-corrected chi connectivity index (χ0v) is 16.1. The van der Waals surface area contributed by atoms with Crippen molar-refractivity contribution in [3.05, 3.63) is 40.5 Å². The Balaban J connectivity index is 2.12. The average molecular weight is 415 g/mol. The quantitative estimate of drug-likeness (QED) is 0.137. The average Bonchev–Trinajstić information content (AvgIpc) is 2.97. The first-order valence-corrected chi connectivity index (χ1v) is 10.0.